The molecule has 1 aromatic carbocycles. The van der Waals surface area contributed by atoms with Crippen molar-refractivity contribution in [3.05, 3.63) is 35.9 Å². The molecule has 1 aromatic rings. The second-order valence-corrected chi connectivity index (χ2v) is 8.46. The Morgan fingerprint density at radius 3 is 2.50 bits per heavy atom. The third kappa shape index (κ3) is 3.16. The standard InChI is InChI=1S/C20H31N5O/c1-20(2)16-13-21-19(22-17(16)23(3)18(20)26)25-11-9-24(10-12-25)14-15-7-5-4-6-8-15/h4-8,16-17,19,21-22H,9-14H2,1-3H3. The Balaban J connectivity index is 1.32. The van der Waals surface area contributed by atoms with Crippen molar-refractivity contribution < 1.29 is 4.79 Å². The Hall–Kier alpha value is -1.47. The van der Waals surface area contributed by atoms with E-state index in [1.807, 2.05) is 11.9 Å². The lowest BCUT2D eigenvalue weighted by molar-refractivity contribution is -0.134. The fourth-order valence-electron chi connectivity index (χ4n) is 4.71. The molecule has 0 aliphatic carbocycles. The smallest absolute Gasteiger partial charge is 0.229 e. The average Bonchev–Trinajstić information content (AvgIpc) is 2.83. The Morgan fingerprint density at radius 2 is 1.81 bits per heavy atom. The summed E-state index contributed by atoms with van der Waals surface area (Å²) in [7, 11) is 1.93. The molecule has 6 heteroatoms. The normalized spacial score (nSPS) is 32.7. The largest absolute Gasteiger partial charge is 0.329 e. The number of amides is 1. The highest BCUT2D eigenvalue weighted by Crippen LogP contribution is 2.40. The van der Waals surface area contributed by atoms with Crippen LogP contribution in [0.3, 0.4) is 0 Å². The fourth-order valence-corrected chi connectivity index (χ4v) is 4.71. The van der Waals surface area contributed by atoms with Crippen LogP contribution in [0.25, 0.3) is 0 Å². The van der Waals surface area contributed by atoms with Crippen LogP contribution in [0.1, 0.15) is 19.4 Å². The minimum Gasteiger partial charge on any atom is -0.329 e. The molecule has 3 aliphatic rings. The third-order valence-corrected chi connectivity index (χ3v) is 6.48. The number of likely N-dealkylation sites (tertiary alicyclic amines) is 1. The first-order valence-electron chi connectivity index (χ1n) is 9.74. The van der Waals surface area contributed by atoms with Gasteiger partial charge in [0, 0.05) is 52.2 Å². The van der Waals surface area contributed by atoms with E-state index in [9.17, 15) is 4.79 Å². The molecule has 142 valence electrons. The number of nitrogens with one attached hydrogen (secondary N) is 2. The van der Waals surface area contributed by atoms with Crippen LogP contribution >= 0.6 is 0 Å². The maximum absolute atomic E-state index is 12.5. The maximum Gasteiger partial charge on any atom is 0.229 e. The minimum absolute atomic E-state index is 0.131. The minimum atomic E-state index is -0.293. The predicted molar refractivity (Wildman–Crippen MR) is 102 cm³/mol. The molecule has 0 spiro atoms. The van der Waals surface area contributed by atoms with Gasteiger partial charge in [0.25, 0.3) is 0 Å². The lowest BCUT2D eigenvalue weighted by Crippen LogP contribution is -2.69. The van der Waals surface area contributed by atoms with E-state index in [2.05, 4.69) is 64.6 Å². The van der Waals surface area contributed by atoms with Gasteiger partial charge in [0.2, 0.25) is 5.91 Å². The van der Waals surface area contributed by atoms with E-state index < -0.39 is 0 Å². The van der Waals surface area contributed by atoms with E-state index in [1.165, 1.54) is 5.56 Å². The summed E-state index contributed by atoms with van der Waals surface area (Å²) in [5.74, 6) is 0.561. The number of nitrogens with zero attached hydrogens (tertiary/aromatic N) is 3. The van der Waals surface area contributed by atoms with Gasteiger partial charge in [0.15, 0.2) is 0 Å². The molecule has 4 rings (SSSR count). The number of carbonyl (C=O) groups is 1. The summed E-state index contributed by atoms with van der Waals surface area (Å²) >= 11 is 0. The van der Waals surface area contributed by atoms with Gasteiger partial charge in [-0.2, -0.15) is 0 Å². The van der Waals surface area contributed by atoms with E-state index >= 15 is 0 Å². The van der Waals surface area contributed by atoms with Gasteiger partial charge in [-0.25, -0.2) is 0 Å². The van der Waals surface area contributed by atoms with Crippen LogP contribution < -0.4 is 10.6 Å². The first kappa shape index (κ1) is 17.9. The van der Waals surface area contributed by atoms with E-state index in [-0.39, 0.29) is 23.8 Å². The molecule has 3 saturated heterocycles. The highest BCUT2D eigenvalue weighted by Gasteiger charge is 2.54. The monoisotopic (exact) mass is 357 g/mol. The van der Waals surface area contributed by atoms with Gasteiger partial charge in [-0.05, 0) is 5.56 Å². The number of carbonyl (C=O) groups excluding carboxylic acids is 1. The van der Waals surface area contributed by atoms with Crippen molar-refractivity contribution in [3.63, 3.8) is 0 Å². The van der Waals surface area contributed by atoms with Crippen LogP contribution in [0.5, 0.6) is 0 Å². The SMILES string of the molecule is CN1C(=O)C(C)(C)C2CNC(N3CCN(Cc4ccccc4)CC3)NC21. The van der Waals surface area contributed by atoms with Gasteiger partial charge in [-0.1, -0.05) is 44.2 Å². The lowest BCUT2D eigenvalue weighted by atomic mass is 9.79. The van der Waals surface area contributed by atoms with E-state index in [0.29, 0.717) is 5.92 Å². The Morgan fingerprint density at radius 1 is 1.12 bits per heavy atom. The van der Waals surface area contributed by atoms with Gasteiger partial charge in [-0.3, -0.25) is 25.2 Å². The number of hydrogen-bond acceptors (Lipinski definition) is 5. The second-order valence-electron chi connectivity index (χ2n) is 8.46. The zero-order valence-corrected chi connectivity index (χ0v) is 16.1. The Kier molecular flexibility index (Phi) is 4.77. The van der Waals surface area contributed by atoms with Crippen LogP contribution in [0, 0.1) is 11.3 Å². The van der Waals surface area contributed by atoms with Gasteiger partial charge >= 0.3 is 0 Å². The third-order valence-electron chi connectivity index (χ3n) is 6.48. The average molecular weight is 358 g/mol. The molecule has 0 bridgehead atoms. The van der Waals surface area contributed by atoms with E-state index in [0.717, 1.165) is 39.3 Å². The first-order valence-corrected chi connectivity index (χ1v) is 9.74. The van der Waals surface area contributed by atoms with Crippen LogP contribution in [-0.4, -0.2) is 72.8 Å². The van der Waals surface area contributed by atoms with Crippen molar-refractivity contribution in [2.24, 2.45) is 11.3 Å². The molecule has 6 nitrogen and oxygen atoms in total. The van der Waals surface area contributed by atoms with Crippen molar-refractivity contribution in [3.8, 4) is 0 Å². The molecule has 0 aromatic heterocycles. The van der Waals surface area contributed by atoms with E-state index in [4.69, 9.17) is 0 Å². The number of fused-ring (bicyclic) bond motifs is 1. The van der Waals surface area contributed by atoms with Crippen molar-refractivity contribution in [1.29, 1.82) is 0 Å². The van der Waals surface area contributed by atoms with Gasteiger partial charge in [-0.15, -0.1) is 0 Å². The summed E-state index contributed by atoms with van der Waals surface area (Å²) in [5.41, 5.74) is 1.09. The zero-order valence-electron chi connectivity index (χ0n) is 16.1. The van der Waals surface area contributed by atoms with Gasteiger partial charge in [0.1, 0.15) is 6.29 Å². The lowest BCUT2D eigenvalue weighted by Gasteiger charge is -2.46. The maximum atomic E-state index is 12.5. The summed E-state index contributed by atoms with van der Waals surface area (Å²) in [6.07, 6.45) is 0.283. The summed E-state index contributed by atoms with van der Waals surface area (Å²) in [6.45, 7) is 10.3. The highest BCUT2D eigenvalue weighted by molar-refractivity contribution is 5.85. The summed E-state index contributed by atoms with van der Waals surface area (Å²) in [4.78, 5) is 19.4. The summed E-state index contributed by atoms with van der Waals surface area (Å²) < 4.78 is 0. The molecular weight excluding hydrogens is 326 g/mol. The molecule has 3 heterocycles. The van der Waals surface area contributed by atoms with E-state index in [1.54, 1.807) is 0 Å². The van der Waals surface area contributed by atoms with Gasteiger partial charge in [0.05, 0.1) is 11.6 Å². The zero-order chi connectivity index (χ0) is 18.3. The fraction of sp³-hybridized carbons (Fsp3) is 0.650. The predicted octanol–water partition coefficient (Wildman–Crippen LogP) is 0.721. The van der Waals surface area contributed by atoms with Crippen LogP contribution in [0.2, 0.25) is 0 Å². The number of hydrogen-bond donors (Lipinski definition) is 2. The molecular formula is C20H31N5O. The molecule has 3 fully saturated rings. The second kappa shape index (κ2) is 6.93. The molecule has 26 heavy (non-hydrogen) atoms. The van der Waals surface area contributed by atoms with Crippen molar-refractivity contribution >= 4 is 5.91 Å². The quantitative estimate of drug-likeness (QED) is 0.835. The molecule has 3 atom stereocenters. The van der Waals surface area contributed by atoms with Crippen molar-refractivity contribution in [1.82, 2.24) is 25.3 Å². The number of piperazine rings is 1. The molecule has 0 saturated carbocycles. The van der Waals surface area contributed by atoms with Crippen LogP contribution in [-0.2, 0) is 11.3 Å². The summed E-state index contributed by atoms with van der Waals surface area (Å²) in [5, 5.41) is 7.33. The molecule has 3 aliphatic heterocycles. The molecule has 0 radical (unpaired) electrons. The van der Waals surface area contributed by atoms with Crippen molar-refractivity contribution in [2.45, 2.75) is 32.8 Å². The van der Waals surface area contributed by atoms with Gasteiger partial charge < -0.3 is 4.90 Å². The molecule has 3 unspecified atom stereocenters. The number of benzene rings is 1. The summed E-state index contributed by atoms with van der Waals surface area (Å²) in [6, 6.07) is 10.7. The molecule has 2 N–H and O–H groups in total. The van der Waals surface area contributed by atoms with Crippen LogP contribution in [0.15, 0.2) is 30.3 Å². The molecule has 1 amide bonds. The highest BCUT2D eigenvalue weighted by atomic mass is 16.2. The Bertz CT molecular complexity index is 641. The van der Waals surface area contributed by atoms with Crippen LogP contribution in [0.4, 0.5) is 0 Å². The van der Waals surface area contributed by atoms with Crippen molar-refractivity contribution in [2.75, 3.05) is 39.8 Å². The topological polar surface area (TPSA) is 50.9 Å². The number of rotatable bonds is 3. The Labute approximate surface area is 156 Å². The first-order chi connectivity index (χ1) is 12.5.